The van der Waals surface area contributed by atoms with Crippen molar-refractivity contribution < 1.29 is 18.3 Å². The fourth-order valence-electron chi connectivity index (χ4n) is 2.44. The lowest BCUT2D eigenvalue weighted by molar-refractivity contribution is -0.141. The van der Waals surface area contributed by atoms with Crippen molar-refractivity contribution in [2.45, 2.75) is 32.2 Å². The molecule has 0 bridgehead atoms. The molecule has 1 saturated heterocycles. The van der Waals surface area contributed by atoms with Crippen molar-refractivity contribution in [3.05, 3.63) is 23.4 Å². The lowest BCUT2D eigenvalue weighted by Crippen LogP contribution is -2.27. The van der Waals surface area contributed by atoms with Crippen LogP contribution in [0.4, 0.5) is 19.0 Å². The van der Waals surface area contributed by atoms with Crippen molar-refractivity contribution in [3.8, 4) is 0 Å². The summed E-state index contributed by atoms with van der Waals surface area (Å²) in [7, 11) is 0. The minimum Gasteiger partial charge on any atom is -0.393 e. The molecule has 1 aromatic heterocycles. The summed E-state index contributed by atoms with van der Waals surface area (Å²) in [4.78, 5) is 5.50. The van der Waals surface area contributed by atoms with Crippen molar-refractivity contribution in [1.29, 1.82) is 0 Å². The van der Waals surface area contributed by atoms with E-state index in [0.717, 1.165) is 12.5 Å². The maximum atomic E-state index is 12.7. The third-order valence-corrected chi connectivity index (χ3v) is 3.67. The fraction of sp³-hybridized carbons (Fsp3) is 0.615. The van der Waals surface area contributed by atoms with Gasteiger partial charge in [-0.25, -0.2) is 4.98 Å². The topological polar surface area (TPSA) is 62.4 Å². The Kier molecular flexibility index (Phi) is 4.19. The lowest BCUT2D eigenvalue weighted by atomic mass is 10.0. The largest absolute Gasteiger partial charge is 0.433 e. The molecule has 112 valence electrons. The van der Waals surface area contributed by atoms with Crippen molar-refractivity contribution in [2.75, 3.05) is 18.0 Å². The standard InChI is InChI=1S/C13H18F3N3O/c1-8(20)10-4-5-19(7-10)12-9(6-17)2-3-11(18-12)13(14,15)16/h2-3,8,10,20H,4-7,17H2,1H3. The van der Waals surface area contributed by atoms with E-state index in [9.17, 15) is 18.3 Å². The SMILES string of the molecule is CC(O)C1CCN(c2nc(C(F)(F)F)ccc2CN)C1. The van der Waals surface area contributed by atoms with E-state index in [0.29, 0.717) is 18.7 Å². The van der Waals surface area contributed by atoms with Crippen molar-refractivity contribution >= 4 is 5.82 Å². The van der Waals surface area contributed by atoms with Gasteiger partial charge in [-0.1, -0.05) is 6.07 Å². The molecule has 1 aliphatic rings. The highest BCUT2D eigenvalue weighted by atomic mass is 19.4. The van der Waals surface area contributed by atoms with Gasteiger partial charge in [0.2, 0.25) is 0 Å². The molecule has 0 aliphatic carbocycles. The van der Waals surface area contributed by atoms with E-state index >= 15 is 0 Å². The smallest absolute Gasteiger partial charge is 0.393 e. The van der Waals surface area contributed by atoms with E-state index in [2.05, 4.69) is 4.98 Å². The summed E-state index contributed by atoms with van der Waals surface area (Å²) in [5.74, 6) is 0.336. The quantitative estimate of drug-likeness (QED) is 0.890. The van der Waals surface area contributed by atoms with Crippen LogP contribution in [-0.4, -0.2) is 29.3 Å². The number of pyridine rings is 1. The van der Waals surface area contributed by atoms with Crippen LogP contribution in [0.5, 0.6) is 0 Å². The molecule has 0 radical (unpaired) electrons. The summed E-state index contributed by atoms with van der Waals surface area (Å²) in [5, 5.41) is 9.58. The van der Waals surface area contributed by atoms with Gasteiger partial charge >= 0.3 is 6.18 Å². The molecule has 3 N–H and O–H groups in total. The van der Waals surface area contributed by atoms with Crippen LogP contribution in [0.3, 0.4) is 0 Å². The number of aliphatic hydroxyl groups excluding tert-OH is 1. The first-order valence-electron chi connectivity index (χ1n) is 6.53. The number of hydrogen-bond acceptors (Lipinski definition) is 4. The number of hydrogen-bond donors (Lipinski definition) is 2. The Morgan fingerprint density at radius 3 is 2.70 bits per heavy atom. The van der Waals surface area contributed by atoms with Crippen LogP contribution < -0.4 is 10.6 Å². The van der Waals surface area contributed by atoms with Crippen molar-refractivity contribution in [3.63, 3.8) is 0 Å². The van der Waals surface area contributed by atoms with E-state index in [1.165, 1.54) is 6.07 Å². The van der Waals surface area contributed by atoms with Gasteiger partial charge < -0.3 is 15.7 Å². The van der Waals surface area contributed by atoms with Gasteiger partial charge in [-0.2, -0.15) is 13.2 Å². The average molecular weight is 289 g/mol. The van der Waals surface area contributed by atoms with Crippen LogP contribution in [0, 0.1) is 5.92 Å². The summed E-state index contributed by atoms with van der Waals surface area (Å²) in [5.41, 5.74) is 5.25. The number of aromatic nitrogens is 1. The van der Waals surface area contributed by atoms with Crippen molar-refractivity contribution in [2.24, 2.45) is 11.7 Å². The zero-order chi connectivity index (χ0) is 14.9. The van der Waals surface area contributed by atoms with Gasteiger partial charge in [0.25, 0.3) is 0 Å². The van der Waals surface area contributed by atoms with Crippen LogP contribution in [-0.2, 0) is 12.7 Å². The number of nitrogens with two attached hydrogens (primary N) is 1. The molecule has 7 heteroatoms. The summed E-state index contributed by atoms with van der Waals surface area (Å²) in [6.45, 7) is 2.91. The molecule has 2 heterocycles. The molecule has 0 amide bonds. The molecule has 2 unspecified atom stereocenters. The minimum atomic E-state index is -4.47. The molecule has 0 aromatic carbocycles. The third-order valence-electron chi connectivity index (χ3n) is 3.67. The first-order chi connectivity index (χ1) is 9.32. The number of nitrogens with zero attached hydrogens (tertiary/aromatic N) is 2. The number of alkyl halides is 3. The Hall–Kier alpha value is -1.34. The van der Waals surface area contributed by atoms with Crippen LogP contribution >= 0.6 is 0 Å². The van der Waals surface area contributed by atoms with E-state index in [-0.39, 0.29) is 18.3 Å². The van der Waals surface area contributed by atoms with Gasteiger partial charge in [-0.15, -0.1) is 0 Å². The Morgan fingerprint density at radius 1 is 1.50 bits per heavy atom. The second-order valence-electron chi connectivity index (χ2n) is 5.12. The second-order valence-corrected chi connectivity index (χ2v) is 5.12. The first-order valence-corrected chi connectivity index (χ1v) is 6.53. The Balaban J connectivity index is 2.30. The predicted octanol–water partition coefficient (Wildman–Crippen LogP) is 1.77. The molecule has 1 aliphatic heterocycles. The molecule has 0 saturated carbocycles. The molecule has 0 spiro atoms. The number of halogens is 3. The Morgan fingerprint density at radius 2 is 2.20 bits per heavy atom. The summed E-state index contributed by atoms with van der Waals surface area (Å²) in [6, 6.07) is 2.33. The zero-order valence-corrected chi connectivity index (χ0v) is 11.2. The van der Waals surface area contributed by atoms with Gasteiger partial charge in [-0.05, 0) is 19.4 Å². The average Bonchev–Trinajstić information content (AvgIpc) is 2.86. The molecular formula is C13H18F3N3O. The third kappa shape index (κ3) is 3.04. The Bertz CT molecular complexity index is 476. The Labute approximate surface area is 115 Å². The fourth-order valence-corrected chi connectivity index (χ4v) is 2.44. The lowest BCUT2D eigenvalue weighted by Gasteiger charge is -2.22. The maximum Gasteiger partial charge on any atom is 0.433 e. The summed E-state index contributed by atoms with van der Waals surface area (Å²) in [6.07, 6.45) is -4.21. The monoisotopic (exact) mass is 289 g/mol. The highest BCUT2D eigenvalue weighted by molar-refractivity contribution is 5.49. The highest BCUT2D eigenvalue weighted by Crippen LogP contribution is 2.32. The highest BCUT2D eigenvalue weighted by Gasteiger charge is 2.34. The van der Waals surface area contributed by atoms with Crippen LogP contribution in [0.15, 0.2) is 12.1 Å². The second kappa shape index (κ2) is 5.57. The maximum absolute atomic E-state index is 12.7. The molecule has 2 atom stereocenters. The number of anilines is 1. The molecule has 1 aromatic rings. The van der Waals surface area contributed by atoms with Crippen molar-refractivity contribution in [1.82, 2.24) is 4.98 Å². The van der Waals surface area contributed by atoms with E-state index < -0.39 is 18.0 Å². The number of aliphatic hydroxyl groups is 1. The molecule has 20 heavy (non-hydrogen) atoms. The van der Waals surface area contributed by atoms with Gasteiger partial charge in [0.05, 0.1) is 6.10 Å². The first kappa shape index (κ1) is 15.1. The van der Waals surface area contributed by atoms with E-state index in [1.807, 2.05) is 0 Å². The zero-order valence-electron chi connectivity index (χ0n) is 11.2. The van der Waals surface area contributed by atoms with Crippen LogP contribution in [0.1, 0.15) is 24.6 Å². The van der Waals surface area contributed by atoms with Crippen LogP contribution in [0.25, 0.3) is 0 Å². The molecular weight excluding hydrogens is 271 g/mol. The molecule has 4 nitrogen and oxygen atoms in total. The van der Waals surface area contributed by atoms with Gasteiger partial charge in [0.15, 0.2) is 0 Å². The molecule has 2 rings (SSSR count). The normalized spacial score (nSPS) is 21.3. The summed E-state index contributed by atoms with van der Waals surface area (Å²) >= 11 is 0. The van der Waals surface area contributed by atoms with E-state index in [4.69, 9.17) is 5.73 Å². The van der Waals surface area contributed by atoms with Gasteiger partial charge in [0, 0.05) is 31.1 Å². The predicted molar refractivity (Wildman–Crippen MR) is 69.1 cm³/mol. The summed E-state index contributed by atoms with van der Waals surface area (Å²) < 4.78 is 38.2. The van der Waals surface area contributed by atoms with Gasteiger partial charge in [-0.3, -0.25) is 0 Å². The molecule has 1 fully saturated rings. The van der Waals surface area contributed by atoms with E-state index in [1.54, 1.807) is 11.8 Å². The number of rotatable bonds is 3. The van der Waals surface area contributed by atoms with Gasteiger partial charge in [0.1, 0.15) is 11.5 Å². The minimum absolute atomic E-state index is 0.0527. The van der Waals surface area contributed by atoms with Crippen LogP contribution in [0.2, 0.25) is 0 Å².